The molecule has 3 aromatic rings. The molecule has 1 aromatic heterocycles. The molecule has 2 aromatic carbocycles. The van der Waals surface area contributed by atoms with E-state index in [1.165, 1.54) is 18.2 Å². The highest BCUT2D eigenvalue weighted by Crippen LogP contribution is 2.30. The lowest BCUT2D eigenvalue weighted by atomic mass is 9.87. The summed E-state index contributed by atoms with van der Waals surface area (Å²) in [5, 5.41) is 0. The van der Waals surface area contributed by atoms with Crippen LogP contribution in [-0.4, -0.2) is 24.1 Å². The summed E-state index contributed by atoms with van der Waals surface area (Å²) in [5.74, 6) is -1.58. The second-order valence-electron chi connectivity index (χ2n) is 7.36. The molecule has 0 bridgehead atoms. The second kappa shape index (κ2) is 6.40. The van der Waals surface area contributed by atoms with Gasteiger partial charge < -0.3 is 9.32 Å². The molecule has 0 aliphatic heterocycles. The molecule has 3 rings (SSSR count). The number of hydrogen-bond donors (Lipinski definition) is 0. The van der Waals surface area contributed by atoms with Crippen LogP contribution in [0.3, 0.4) is 0 Å². The van der Waals surface area contributed by atoms with Crippen molar-refractivity contribution in [2.24, 2.45) is 0 Å². The number of amides is 1. The molecule has 0 radical (unpaired) electrons. The molecule has 0 saturated heterocycles. The largest absolute Gasteiger partial charge is 0.471 e. The summed E-state index contributed by atoms with van der Waals surface area (Å²) < 4.78 is 43.5. The van der Waals surface area contributed by atoms with Gasteiger partial charge in [0.25, 0.3) is 0 Å². The fourth-order valence-electron chi connectivity index (χ4n) is 2.67. The van der Waals surface area contributed by atoms with Gasteiger partial charge in [0.2, 0.25) is 5.89 Å². The number of oxazole rings is 1. The Labute approximate surface area is 154 Å². The smallest absolute Gasteiger partial charge is 0.436 e. The molecule has 27 heavy (non-hydrogen) atoms. The first-order chi connectivity index (χ1) is 12.5. The molecule has 0 unspecified atom stereocenters. The Hall–Kier alpha value is -2.83. The third kappa shape index (κ3) is 3.82. The SMILES string of the molecule is CN(C(=O)C(F)(F)F)c1ccc2nc(-c3ccc(C(C)(C)C)cc3)oc2c1. The molecule has 1 heterocycles. The van der Waals surface area contributed by atoms with Crippen LogP contribution in [0.1, 0.15) is 26.3 Å². The van der Waals surface area contributed by atoms with E-state index in [2.05, 4.69) is 25.8 Å². The number of carbonyl (C=O) groups excluding carboxylic acids is 1. The Morgan fingerprint density at radius 2 is 1.67 bits per heavy atom. The monoisotopic (exact) mass is 376 g/mol. The zero-order valence-electron chi connectivity index (χ0n) is 15.4. The normalized spacial score (nSPS) is 12.4. The van der Waals surface area contributed by atoms with Crippen LogP contribution in [0.2, 0.25) is 0 Å². The molecule has 4 nitrogen and oxygen atoms in total. The first-order valence-corrected chi connectivity index (χ1v) is 8.33. The molecule has 0 aliphatic rings. The molecule has 0 aliphatic carbocycles. The molecular weight excluding hydrogens is 357 g/mol. The summed E-state index contributed by atoms with van der Waals surface area (Å²) in [6, 6.07) is 12.1. The van der Waals surface area contributed by atoms with Gasteiger partial charge in [0.15, 0.2) is 5.58 Å². The van der Waals surface area contributed by atoms with Gasteiger partial charge in [-0.2, -0.15) is 13.2 Å². The van der Waals surface area contributed by atoms with E-state index in [0.717, 1.165) is 18.2 Å². The van der Waals surface area contributed by atoms with Crippen LogP contribution in [0.5, 0.6) is 0 Å². The highest BCUT2D eigenvalue weighted by Gasteiger charge is 2.41. The van der Waals surface area contributed by atoms with Gasteiger partial charge in [-0.1, -0.05) is 32.9 Å². The minimum Gasteiger partial charge on any atom is -0.436 e. The summed E-state index contributed by atoms with van der Waals surface area (Å²) in [4.78, 5) is 16.3. The lowest BCUT2D eigenvalue weighted by Gasteiger charge is -2.18. The summed E-state index contributed by atoms with van der Waals surface area (Å²) in [6.07, 6.45) is -4.94. The van der Waals surface area contributed by atoms with Crippen LogP contribution in [0.15, 0.2) is 46.9 Å². The molecule has 142 valence electrons. The van der Waals surface area contributed by atoms with Gasteiger partial charge in [0.1, 0.15) is 5.52 Å². The molecular formula is C20H19F3N2O2. The number of hydrogen-bond acceptors (Lipinski definition) is 3. The quantitative estimate of drug-likeness (QED) is 0.608. The van der Waals surface area contributed by atoms with Crippen molar-refractivity contribution in [3.63, 3.8) is 0 Å². The Morgan fingerprint density at radius 3 is 2.22 bits per heavy atom. The summed E-state index contributed by atoms with van der Waals surface area (Å²) in [5.41, 5.74) is 2.84. The number of aromatic nitrogens is 1. The van der Waals surface area contributed by atoms with Gasteiger partial charge in [-0.15, -0.1) is 0 Å². The molecule has 0 spiro atoms. The van der Waals surface area contributed by atoms with E-state index in [1.807, 2.05) is 24.3 Å². The number of benzene rings is 2. The van der Waals surface area contributed by atoms with Crippen LogP contribution in [-0.2, 0) is 10.2 Å². The molecule has 0 saturated carbocycles. The van der Waals surface area contributed by atoms with Gasteiger partial charge in [0, 0.05) is 24.4 Å². The van der Waals surface area contributed by atoms with Gasteiger partial charge >= 0.3 is 12.1 Å². The number of carbonyl (C=O) groups is 1. The Balaban J connectivity index is 1.93. The van der Waals surface area contributed by atoms with Crippen LogP contribution >= 0.6 is 0 Å². The van der Waals surface area contributed by atoms with Crippen LogP contribution < -0.4 is 4.90 Å². The fraction of sp³-hybridized carbons (Fsp3) is 0.300. The van der Waals surface area contributed by atoms with Crippen molar-refractivity contribution in [1.82, 2.24) is 4.98 Å². The minimum absolute atomic E-state index is 0.0182. The van der Waals surface area contributed by atoms with E-state index in [0.29, 0.717) is 21.9 Å². The predicted octanol–water partition coefficient (Wildman–Crippen LogP) is 5.32. The maximum atomic E-state index is 12.6. The maximum absolute atomic E-state index is 12.6. The lowest BCUT2D eigenvalue weighted by Crippen LogP contribution is -2.38. The van der Waals surface area contributed by atoms with Gasteiger partial charge in [-0.3, -0.25) is 4.79 Å². The van der Waals surface area contributed by atoms with Crippen LogP contribution in [0.4, 0.5) is 18.9 Å². The third-order valence-electron chi connectivity index (χ3n) is 4.30. The number of alkyl halides is 3. The number of anilines is 1. The van der Waals surface area contributed by atoms with Gasteiger partial charge in [0.05, 0.1) is 0 Å². The lowest BCUT2D eigenvalue weighted by molar-refractivity contribution is -0.170. The summed E-state index contributed by atoms with van der Waals surface area (Å²) in [7, 11) is 1.07. The molecule has 1 amide bonds. The maximum Gasteiger partial charge on any atom is 0.471 e. The Morgan fingerprint density at radius 1 is 1.04 bits per heavy atom. The van der Waals surface area contributed by atoms with Crippen molar-refractivity contribution < 1.29 is 22.4 Å². The fourth-order valence-corrected chi connectivity index (χ4v) is 2.67. The Bertz CT molecular complexity index is 983. The summed E-state index contributed by atoms with van der Waals surface area (Å²) >= 11 is 0. The van der Waals surface area contributed by atoms with Crippen molar-refractivity contribution >= 4 is 22.7 Å². The van der Waals surface area contributed by atoms with Crippen molar-refractivity contribution in [2.45, 2.75) is 32.4 Å². The zero-order valence-corrected chi connectivity index (χ0v) is 15.4. The first-order valence-electron chi connectivity index (χ1n) is 8.33. The van der Waals surface area contributed by atoms with Crippen molar-refractivity contribution in [3.05, 3.63) is 48.0 Å². The predicted molar refractivity (Wildman–Crippen MR) is 97.6 cm³/mol. The average Bonchev–Trinajstić information content (AvgIpc) is 3.02. The molecule has 0 N–H and O–H groups in total. The van der Waals surface area contributed by atoms with Crippen LogP contribution in [0.25, 0.3) is 22.6 Å². The number of halogens is 3. The highest BCUT2D eigenvalue weighted by atomic mass is 19.4. The molecule has 7 heteroatoms. The zero-order chi connectivity index (χ0) is 20.0. The molecule has 0 atom stereocenters. The van der Waals surface area contributed by atoms with Crippen molar-refractivity contribution in [3.8, 4) is 11.5 Å². The number of nitrogens with zero attached hydrogens (tertiary/aromatic N) is 2. The minimum atomic E-state index is -4.94. The number of fused-ring (bicyclic) bond motifs is 1. The first kappa shape index (κ1) is 18.9. The van der Waals surface area contributed by atoms with E-state index >= 15 is 0 Å². The van der Waals surface area contributed by atoms with Crippen LogP contribution in [0, 0.1) is 0 Å². The Kier molecular flexibility index (Phi) is 4.49. The topological polar surface area (TPSA) is 46.3 Å². The van der Waals surface area contributed by atoms with E-state index in [9.17, 15) is 18.0 Å². The standard InChI is InChI=1S/C20H19F3N2O2/c1-19(2,3)13-7-5-12(6-8-13)17-24-15-10-9-14(11-16(15)27-17)25(4)18(26)20(21,22)23/h5-11H,1-4H3. The van der Waals surface area contributed by atoms with Crippen molar-refractivity contribution in [2.75, 3.05) is 11.9 Å². The second-order valence-corrected chi connectivity index (χ2v) is 7.36. The molecule has 0 fully saturated rings. The highest BCUT2D eigenvalue weighted by molar-refractivity contribution is 5.98. The van der Waals surface area contributed by atoms with E-state index in [4.69, 9.17) is 4.42 Å². The average molecular weight is 376 g/mol. The third-order valence-corrected chi connectivity index (χ3v) is 4.30. The van der Waals surface area contributed by atoms with E-state index < -0.39 is 12.1 Å². The van der Waals surface area contributed by atoms with E-state index in [-0.39, 0.29) is 11.1 Å². The summed E-state index contributed by atoms with van der Waals surface area (Å²) in [6.45, 7) is 6.34. The number of rotatable bonds is 2. The van der Waals surface area contributed by atoms with Gasteiger partial charge in [-0.05, 0) is 35.2 Å². The van der Waals surface area contributed by atoms with E-state index in [1.54, 1.807) is 0 Å². The van der Waals surface area contributed by atoms with Crippen molar-refractivity contribution in [1.29, 1.82) is 0 Å². The van der Waals surface area contributed by atoms with Gasteiger partial charge in [-0.25, -0.2) is 4.98 Å².